The van der Waals surface area contributed by atoms with Crippen LogP contribution < -0.4 is 10.6 Å². The molecule has 0 spiro atoms. The Hall–Kier alpha value is -1.09. The van der Waals surface area contributed by atoms with Crippen LogP contribution in [0.3, 0.4) is 0 Å². The van der Waals surface area contributed by atoms with Gasteiger partial charge in [-0.05, 0) is 61.4 Å². The quantitative estimate of drug-likeness (QED) is 0.738. The molecule has 2 nitrogen and oxygen atoms in total. The van der Waals surface area contributed by atoms with E-state index in [4.69, 9.17) is 5.73 Å². The molecule has 0 amide bonds. The summed E-state index contributed by atoms with van der Waals surface area (Å²) in [6.07, 6.45) is 2.98. The summed E-state index contributed by atoms with van der Waals surface area (Å²) in [5.41, 5.74) is 7.59. The van der Waals surface area contributed by atoms with Crippen molar-refractivity contribution in [3.63, 3.8) is 0 Å². The summed E-state index contributed by atoms with van der Waals surface area (Å²) in [4.78, 5) is 2.32. The predicted molar refractivity (Wildman–Crippen MR) is 90.3 cm³/mol. The molecular weight excluding hydrogens is 263 g/mol. The van der Waals surface area contributed by atoms with Gasteiger partial charge in [-0.15, -0.1) is 0 Å². The van der Waals surface area contributed by atoms with Crippen LogP contribution in [0.15, 0.2) is 18.2 Å². The predicted octanol–water partition coefficient (Wildman–Crippen LogP) is 4.23. The summed E-state index contributed by atoms with van der Waals surface area (Å²) >= 11 is 0. The maximum Gasteiger partial charge on any atom is 0.125 e. The fourth-order valence-electron chi connectivity index (χ4n) is 2.32. The third-order valence-corrected chi connectivity index (χ3v) is 3.69. The van der Waals surface area contributed by atoms with Crippen molar-refractivity contribution in [2.24, 2.45) is 17.6 Å². The molecule has 0 aliphatic heterocycles. The minimum Gasteiger partial charge on any atom is -0.371 e. The van der Waals surface area contributed by atoms with E-state index in [-0.39, 0.29) is 5.82 Å². The van der Waals surface area contributed by atoms with Gasteiger partial charge in [-0.2, -0.15) is 0 Å². The number of nitrogens with zero attached hydrogens (tertiary/aromatic N) is 1. The normalized spacial score (nSPS) is 11.4. The molecule has 0 saturated carbocycles. The van der Waals surface area contributed by atoms with E-state index in [1.807, 2.05) is 0 Å². The monoisotopic (exact) mass is 294 g/mol. The number of nitrogens with two attached hydrogens (primary N) is 1. The van der Waals surface area contributed by atoms with Crippen molar-refractivity contribution in [3.05, 3.63) is 29.6 Å². The molecule has 120 valence electrons. The molecular formula is C18H31FN2. The van der Waals surface area contributed by atoms with Crippen LogP contribution in [-0.2, 0) is 6.42 Å². The molecule has 0 saturated heterocycles. The molecule has 1 aromatic rings. The molecule has 0 bridgehead atoms. The molecule has 0 aromatic heterocycles. The van der Waals surface area contributed by atoms with E-state index in [1.165, 1.54) is 0 Å². The third kappa shape index (κ3) is 6.94. The Morgan fingerprint density at radius 2 is 1.57 bits per heavy atom. The highest BCUT2D eigenvalue weighted by Crippen LogP contribution is 2.21. The van der Waals surface area contributed by atoms with Crippen LogP contribution in [0.2, 0.25) is 0 Å². The lowest BCUT2D eigenvalue weighted by Gasteiger charge is -2.27. The van der Waals surface area contributed by atoms with E-state index < -0.39 is 0 Å². The molecule has 2 N–H and O–H groups in total. The van der Waals surface area contributed by atoms with Crippen molar-refractivity contribution in [3.8, 4) is 0 Å². The van der Waals surface area contributed by atoms with E-state index in [1.54, 1.807) is 12.1 Å². The minimum atomic E-state index is -0.157. The van der Waals surface area contributed by atoms with Crippen molar-refractivity contribution >= 4 is 5.69 Å². The van der Waals surface area contributed by atoms with Crippen molar-refractivity contribution in [2.75, 3.05) is 24.5 Å². The molecule has 0 heterocycles. The number of anilines is 1. The van der Waals surface area contributed by atoms with Crippen LogP contribution in [0.5, 0.6) is 0 Å². The fraction of sp³-hybridized carbons (Fsp3) is 0.667. The average molecular weight is 294 g/mol. The SMILES string of the molecule is CC(C)CCN(CCC(C)C)c1cc(F)cc(CCN)c1. The number of benzene rings is 1. The van der Waals surface area contributed by atoms with Crippen molar-refractivity contribution < 1.29 is 4.39 Å². The standard InChI is InChI=1S/C18H31FN2/c1-14(2)6-9-21(10-7-15(3)4)18-12-16(5-8-20)11-17(19)13-18/h11-15H,5-10,20H2,1-4H3. The molecule has 3 heteroatoms. The molecule has 1 aromatic carbocycles. The molecule has 0 radical (unpaired) electrons. The van der Waals surface area contributed by atoms with Crippen LogP contribution in [-0.4, -0.2) is 19.6 Å². The highest BCUT2D eigenvalue weighted by Gasteiger charge is 2.11. The number of hydrogen-bond acceptors (Lipinski definition) is 2. The molecule has 1 rings (SSSR count). The van der Waals surface area contributed by atoms with E-state index in [2.05, 4.69) is 38.7 Å². The maximum absolute atomic E-state index is 13.8. The first-order valence-electron chi connectivity index (χ1n) is 8.16. The largest absolute Gasteiger partial charge is 0.371 e. The van der Waals surface area contributed by atoms with Crippen LogP contribution in [0, 0.1) is 17.7 Å². The van der Waals surface area contributed by atoms with Crippen molar-refractivity contribution in [1.29, 1.82) is 0 Å². The molecule has 0 atom stereocenters. The minimum absolute atomic E-state index is 0.157. The summed E-state index contributed by atoms with van der Waals surface area (Å²) in [7, 11) is 0. The lowest BCUT2D eigenvalue weighted by Crippen LogP contribution is -2.27. The lowest BCUT2D eigenvalue weighted by atomic mass is 10.1. The van der Waals surface area contributed by atoms with Crippen LogP contribution >= 0.6 is 0 Å². The smallest absolute Gasteiger partial charge is 0.125 e. The van der Waals surface area contributed by atoms with Gasteiger partial charge in [0.25, 0.3) is 0 Å². The Bertz CT molecular complexity index is 404. The van der Waals surface area contributed by atoms with Crippen molar-refractivity contribution in [2.45, 2.75) is 47.0 Å². The van der Waals surface area contributed by atoms with Gasteiger partial charge < -0.3 is 10.6 Å². The van der Waals surface area contributed by atoms with E-state index >= 15 is 0 Å². The third-order valence-electron chi connectivity index (χ3n) is 3.69. The van der Waals surface area contributed by atoms with E-state index in [9.17, 15) is 4.39 Å². The molecule has 0 unspecified atom stereocenters. The maximum atomic E-state index is 13.8. The fourth-order valence-corrected chi connectivity index (χ4v) is 2.32. The summed E-state index contributed by atoms with van der Waals surface area (Å²) in [5.74, 6) is 1.15. The van der Waals surface area contributed by atoms with Gasteiger partial charge >= 0.3 is 0 Å². The van der Waals surface area contributed by atoms with Crippen LogP contribution in [0.25, 0.3) is 0 Å². The number of rotatable bonds is 9. The topological polar surface area (TPSA) is 29.3 Å². The molecule has 0 fully saturated rings. The Morgan fingerprint density at radius 1 is 1.00 bits per heavy atom. The molecule has 0 aliphatic carbocycles. The van der Waals surface area contributed by atoms with Gasteiger partial charge in [0.15, 0.2) is 0 Å². The van der Waals surface area contributed by atoms with Gasteiger partial charge in [0, 0.05) is 18.8 Å². The lowest BCUT2D eigenvalue weighted by molar-refractivity contribution is 0.534. The highest BCUT2D eigenvalue weighted by atomic mass is 19.1. The van der Waals surface area contributed by atoms with Gasteiger partial charge in [0.1, 0.15) is 5.82 Å². The van der Waals surface area contributed by atoms with Crippen LogP contribution in [0.1, 0.15) is 46.1 Å². The van der Waals surface area contributed by atoms with Gasteiger partial charge in [0.2, 0.25) is 0 Å². The summed E-state index contributed by atoms with van der Waals surface area (Å²) in [5, 5.41) is 0. The van der Waals surface area contributed by atoms with Gasteiger partial charge in [-0.25, -0.2) is 4.39 Å². The van der Waals surface area contributed by atoms with Gasteiger partial charge in [0.05, 0.1) is 0 Å². The summed E-state index contributed by atoms with van der Waals surface area (Å²) in [6, 6.07) is 5.34. The zero-order chi connectivity index (χ0) is 15.8. The Labute approximate surface area is 129 Å². The molecule has 0 aliphatic rings. The van der Waals surface area contributed by atoms with Crippen LogP contribution in [0.4, 0.5) is 10.1 Å². The van der Waals surface area contributed by atoms with E-state index in [0.29, 0.717) is 18.4 Å². The number of hydrogen-bond donors (Lipinski definition) is 1. The zero-order valence-corrected chi connectivity index (χ0v) is 14.0. The second-order valence-electron chi connectivity index (χ2n) is 6.71. The molecule has 21 heavy (non-hydrogen) atoms. The highest BCUT2D eigenvalue weighted by molar-refractivity contribution is 5.49. The summed E-state index contributed by atoms with van der Waals surface area (Å²) in [6.45, 7) is 11.4. The first-order chi connectivity index (χ1) is 9.92. The first-order valence-corrected chi connectivity index (χ1v) is 8.16. The van der Waals surface area contributed by atoms with Crippen molar-refractivity contribution in [1.82, 2.24) is 0 Å². The van der Waals surface area contributed by atoms with Gasteiger partial charge in [-0.1, -0.05) is 27.7 Å². The van der Waals surface area contributed by atoms with Gasteiger partial charge in [-0.3, -0.25) is 0 Å². The second-order valence-corrected chi connectivity index (χ2v) is 6.71. The second kappa shape index (κ2) is 9.04. The first kappa shape index (κ1) is 18.0. The average Bonchev–Trinajstić information content (AvgIpc) is 2.37. The van der Waals surface area contributed by atoms with E-state index in [0.717, 1.165) is 43.6 Å². The Kier molecular flexibility index (Phi) is 7.73. The Balaban J connectivity index is 2.88. The Morgan fingerprint density at radius 3 is 2.05 bits per heavy atom. The number of halogens is 1. The zero-order valence-electron chi connectivity index (χ0n) is 14.0. The summed E-state index contributed by atoms with van der Waals surface area (Å²) < 4.78 is 13.8.